The van der Waals surface area contributed by atoms with E-state index in [9.17, 15) is 0 Å². The zero-order valence-corrected chi connectivity index (χ0v) is 7.99. The molecule has 2 aromatic rings. The number of hydrogen-bond acceptors (Lipinski definition) is 3. The molecule has 4 N–H and O–H groups in total. The van der Waals surface area contributed by atoms with Crippen LogP contribution < -0.4 is 11.5 Å². The summed E-state index contributed by atoms with van der Waals surface area (Å²) in [6.45, 7) is 0. The van der Waals surface area contributed by atoms with Crippen molar-refractivity contribution in [3.05, 3.63) is 24.3 Å². The summed E-state index contributed by atoms with van der Waals surface area (Å²) in [7, 11) is 0. The Bertz CT molecular complexity index is 428. The number of fused-ring (bicyclic) bond motifs is 1. The monoisotopic (exact) mass is 212 g/mol. The molecule has 0 aliphatic carbocycles. The van der Waals surface area contributed by atoms with Crippen LogP contribution in [0.25, 0.3) is 11.1 Å². The Morgan fingerprint density at radius 1 is 1.29 bits per heavy atom. The van der Waals surface area contributed by atoms with E-state index in [4.69, 9.17) is 15.9 Å². The number of hydrogen-bond donors (Lipinski definition) is 2. The largest absolute Gasteiger partial charge is 0.422 e. The van der Waals surface area contributed by atoms with Gasteiger partial charge < -0.3 is 15.9 Å². The van der Waals surface area contributed by atoms with Crippen molar-refractivity contribution < 1.29 is 4.42 Å². The van der Waals surface area contributed by atoms with Crippen LogP contribution in [0.1, 0.15) is 0 Å². The van der Waals surface area contributed by atoms with Crippen LogP contribution in [-0.2, 0) is 0 Å². The molecular weight excluding hydrogens is 204 g/mol. The number of benzene rings is 1. The average Bonchev–Trinajstić information content (AvgIpc) is 2.44. The lowest BCUT2D eigenvalue weighted by atomic mass is 10.3. The van der Waals surface area contributed by atoms with Gasteiger partial charge in [-0.1, -0.05) is 12.1 Å². The third kappa shape index (κ3) is 1.94. The van der Waals surface area contributed by atoms with E-state index in [1.54, 1.807) is 6.07 Å². The van der Waals surface area contributed by atoms with E-state index in [0.29, 0.717) is 5.58 Å². The van der Waals surface area contributed by atoms with E-state index in [1.165, 1.54) is 0 Å². The van der Waals surface area contributed by atoms with Gasteiger partial charge >= 0.3 is 6.01 Å². The Kier molecular flexibility index (Phi) is 2.93. The molecule has 0 aliphatic heterocycles. The first-order valence-electron chi connectivity index (χ1n) is 3.71. The van der Waals surface area contributed by atoms with Crippen molar-refractivity contribution in [2.75, 3.05) is 0 Å². The van der Waals surface area contributed by atoms with Gasteiger partial charge in [0, 0.05) is 0 Å². The maximum atomic E-state index is 5.22. The smallest absolute Gasteiger partial charge is 0.325 e. The van der Waals surface area contributed by atoms with E-state index < -0.39 is 0 Å². The van der Waals surface area contributed by atoms with Crippen molar-refractivity contribution >= 4 is 35.5 Å². The van der Waals surface area contributed by atoms with Crippen molar-refractivity contribution in [1.29, 1.82) is 0 Å². The van der Waals surface area contributed by atoms with Crippen molar-refractivity contribution in [2.45, 2.75) is 0 Å². The van der Waals surface area contributed by atoms with Crippen molar-refractivity contribution in [3.63, 3.8) is 0 Å². The molecule has 5 nitrogen and oxygen atoms in total. The molecule has 1 aromatic heterocycles. The maximum Gasteiger partial charge on any atom is 0.325 e. The number of halogens is 1. The normalized spacial score (nSPS) is 9.43. The lowest BCUT2D eigenvalue weighted by Crippen LogP contribution is -2.21. The topological polar surface area (TPSA) is 90.4 Å². The number of nitrogens with two attached hydrogens (primary N) is 2. The minimum Gasteiger partial charge on any atom is -0.422 e. The van der Waals surface area contributed by atoms with Gasteiger partial charge in [-0.15, -0.1) is 12.4 Å². The molecule has 74 valence electrons. The fraction of sp³-hybridized carbons (Fsp3) is 0. The second kappa shape index (κ2) is 3.97. The molecule has 1 aromatic carbocycles. The summed E-state index contributed by atoms with van der Waals surface area (Å²) >= 11 is 0. The van der Waals surface area contributed by atoms with Gasteiger partial charge in [0.05, 0.1) is 0 Å². The molecule has 1 heterocycles. The highest BCUT2D eigenvalue weighted by molar-refractivity contribution is 5.85. The number of oxazole rings is 1. The van der Waals surface area contributed by atoms with Gasteiger partial charge in [-0.05, 0) is 12.1 Å². The Hall–Kier alpha value is -1.75. The Balaban J connectivity index is 0.000000980. The summed E-state index contributed by atoms with van der Waals surface area (Å²) in [6, 6.07) is 7.52. The third-order valence-electron chi connectivity index (χ3n) is 1.51. The third-order valence-corrected chi connectivity index (χ3v) is 1.51. The van der Waals surface area contributed by atoms with Crippen molar-refractivity contribution in [3.8, 4) is 0 Å². The van der Waals surface area contributed by atoms with Crippen molar-refractivity contribution in [1.82, 2.24) is 4.98 Å². The van der Waals surface area contributed by atoms with Crippen LogP contribution >= 0.6 is 12.4 Å². The van der Waals surface area contributed by atoms with Crippen molar-refractivity contribution in [2.24, 2.45) is 16.5 Å². The van der Waals surface area contributed by atoms with Crippen LogP contribution in [0.5, 0.6) is 0 Å². The molecular formula is C8H9ClN4O. The molecule has 2 rings (SSSR count). The molecule has 14 heavy (non-hydrogen) atoms. The van der Waals surface area contributed by atoms with E-state index in [-0.39, 0.29) is 24.4 Å². The fourth-order valence-electron chi connectivity index (χ4n) is 1.02. The predicted molar refractivity (Wildman–Crippen MR) is 56.7 cm³/mol. The molecule has 0 amide bonds. The number of aromatic nitrogens is 1. The Labute approximate surface area is 86.2 Å². The minimum absolute atomic E-state index is 0. The number of aliphatic imine (C=N–C) groups is 1. The van der Waals surface area contributed by atoms with E-state index >= 15 is 0 Å². The summed E-state index contributed by atoms with van der Waals surface area (Å²) in [4.78, 5) is 7.73. The van der Waals surface area contributed by atoms with Crippen LogP contribution in [0.4, 0.5) is 6.01 Å². The van der Waals surface area contributed by atoms with Gasteiger partial charge in [-0.25, -0.2) is 0 Å². The number of nitrogens with zero attached hydrogens (tertiary/aromatic N) is 2. The first-order valence-corrected chi connectivity index (χ1v) is 3.71. The molecule has 0 saturated carbocycles. The van der Waals surface area contributed by atoms with E-state index in [1.807, 2.05) is 18.2 Å². The second-order valence-corrected chi connectivity index (χ2v) is 2.50. The highest BCUT2D eigenvalue weighted by Gasteiger charge is 2.02. The average molecular weight is 213 g/mol. The van der Waals surface area contributed by atoms with Crippen LogP contribution in [-0.4, -0.2) is 10.9 Å². The zero-order valence-electron chi connectivity index (χ0n) is 7.18. The highest BCUT2D eigenvalue weighted by Crippen LogP contribution is 2.19. The van der Waals surface area contributed by atoms with Crippen LogP contribution in [0.15, 0.2) is 33.7 Å². The zero-order chi connectivity index (χ0) is 9.26. The first kappa shape index (κ1) is 10.3. The van der Waals surface area contributed by atoms with Crippen LogP contribution in [0, 0.1) is 0 Å². The maximum absolute atomic E-state index is 5.22. The lowest BCUT2D eigenvalue weighted by Gasteiger charge is -1.84. The van der Waals surface area contributed by atoms with Gasteiger partial charge in [-0.3, -0.25) is 0 Å². The van der Waals surface area contributed by atoms with E-state index in [2.05, 4.69) is 9.98 Å². The fourth-order valence-corrected chi connectivity index (χ4v) is 1.02. The van der Waals surface area contributed by atoms with Gasteiger partial charge in [0.25, 0.3) is 0 Å². The first-order chi connectivity index (χ1) is 6.25. The summed E-state index contributed by atoms with van der Waals surface area (Å²) in [5.41, 5.74) is 11.8. The van der Waals surface area contributed by atoms with Crippen LogP contribution in [0.3, 0.4) is 0 Å². The second-order valence-electron chi connectivity index (χ2n) is 2.50. The Morgan fingerprint density at radius 3 is 2.64 bits per heavy atom. The minimum atomic E-state index is -0.0634. The van der Waals surface area contributed by atoms with Gasteiger partial charge in [0.15, 0.2) is 11.5 Å². The van der Waals surface area contributed by atoms with Gasteiger partial charge in [0.2, 0.25) is 0 Å². The quantitative estimate of drug-likeness (QED) is 0.548. The number of rotatable bonds is 1. The molecule has 0 unspecified atom stereocenters. The molecule has 6 heteroatoms. The molecule has 0 atom stereocenters. The standard InChI is InChI=1S/C8H8N4O.ClH/c9-7(10)12-8-11-5-3-1-2-4-6(5)13-8;/h1-4H,(H4,9,10,11,12);1H. The van der Waals surface area contributed by atoms with E-state index in [0.717, 1.165) is 5.52 Å². The summed E-state index contributed by atoms with van der Waals surface area (Å²) < 4.78 is 5.22. The van der Waals surface area contributed by atoms with Crippen LogP contribution in [0.2, 0.25) is 0 Å². The molecule has 0 spiro atoms. The SMILES string of the molecule is Cl.NC(N)=Nc1nc2ccccc2o1. The highest BCUT2D eigenvalue weighted by atomic mass is 35.5. The summed E-state index contributed by atoms with van der Waals surface area (Å²) in [6.07, 6.45) is 0. The number of para-hydroxylation sites is 2. The molecule has 0 bridgehead atoms. The van der Waals surface area contributed by atoms with Gasteiger partial charge in [0.1, 0.15) is 5.52 Å². The summed E-state index contributed by atoms with van der Waals surface area (Å²) in [5, 5.41) is 0. The van der Waals surface area contributed by atoms with Gasteiger partial charge in [-0.2, -0.15) is 9.98 Å². The molecule has 0 aliphatic rings. The molecule has 0 saturated heterocycles. The molecule has 0 fully saturated rings. The Morgan fingerprint density at radius 2 is 2.00 bits per heavy atom. The molecule has 0 radical (unpaired) electrons. The lowest BCUT2D eigenvalue weighted by molar-refractivity contribution is 0.613. The number of guanidine groups is 1. The predicted octanol–water partition coefficient (Wildman–Crippen LogP) is 1.15. The summed E-state index contributed by atoms with van der Waals surface area (Å²) in [5.74, 6) is -0.0634.